The van der Waals surface area contributed by atoms with Crippen LogP contribution in [0.3, 0.4) is 0 Å². The molecule has 3 atom stereocenters. The molecule has 136 valence electrons. The lowest BCUT2D eigenvalue weighted by Crippen LogP contribution is -2.30. The summed E-state index contributed by atoms with van der Waals surface area (Å²) in [6, 6.07) is 4.81. The second kappa shape index (κ2) is 6.64. The van der Waals surface area contributed by atoms with E-state index in [0.717, 1.165) is 11.3 Å². The Kier molecular flexibility index (Phi) is 4.45. The first-order chi connectivity index (χ1) is 12.4. The maximum Gasteiger partial charge on any atom is 0.341 e. The maximum absolute atomic E-state index is 12.4. The van der Waals surface area contributed by atoms with Gasteiger partial charge in [0.1, 0.15) is 12.4 Å². The predicted octanol–water partition coefficient (Wildman–Crippen LogP) is 2.33. The van der Waals surface area contributed by atoms with Crippen molar-refractivity contribution in [3.05, 3.63) is 43.3 Å². The smallest absolute Gasteiger partial charge is 0.341 e. The van der Waals surface area contributed by atoms with Crippen LogP contribution in [0.2, 0.25) is 5.02 Å². The van der Waals surface area contributed by atoms with Gasteiger partial charge in [-0.1, -0.05) is 34.7 Å². The molecular weight excluding hydrogens is 402 g/mol. The number of carbonyl (C=O) groups is 2. The largest absolute Gasteiger partial charge is 0.482 e. The fourth-order valence-electron chi connectivity index (χ4n) is 3.27. The quantitative estimate of drug-likeness (QED) is 0.741. The second-order valence-corrected chi connectivity index (χ2v) is 8.56. The summed E-state index contributed by atoms with van der Waals surface area (Å²) in [7, 11) is 0. The summed E-state index contributed by atoms with van der Waals surface area (Å²) >= 11 is 8.60. The monoisotopic (exact) mass is 413 g/mol. The Morgan fingerprint density at radius 2 is 2.23 bits per heavy atom. The highest BCUT2D eigenvalue weighted by Gasteiger charge is 2.50. The molecule has 1 fully saturated rings. The van der Waals surface area contributed by atoms with Gasteiger partial charge in [0.05, 0.1) is 16.2 Å². The number of aromatic nitrogens is 1. The molecule has 2 aliphatic rings. The minimum Gasteiger partial charge on any atom is -0.482 e. The number of benzene rings is 1. The lowest BCUT2D eigenvalue weighted by Gasteiger charge is -2.30. The fourth-order valence-corrected chi connectivity index (χ4v) is 5.93. The van der Waals surface area contributed by atoms with Gasteiger partial charge >= 0.3 is 16.8 Å². The van der Waals surface area contributed by atoms with E-state index in [2.05, 4.69) is 4.98 Å². The van der Waals surface area contributed by atoms with Crippen LogP contribution < -0.4 is 9.61 Å². The number of carboxylic acid groups (broad SMARTS) is 1. The summed E-state index contributed by atoms with van der Waals surface area (Å²) in [5.41, 5.74) is 0.574. The molecule has 3 heterocycles. The number of cyclic esters (lactones) is 1. The van der Waals surface area contributed by atoms with Crippen molar-refractivity contribution in [1.29, 1.82) is 0 Å². The third-order valence-corrected chi connectivity index (χ3v) is 6.89. The lowest BCUT2D eigenvalue weighted by atomic mass is 9.83. The number of thiazole rings is 1. The number of hydrogen-bond acceptors (Lipinski definition) is 7. The highest BCUT2D eigenvalue weighted by molar-refractivity contribution is 8.00. The summed E-state index contributed by atoms with van der Waals surface area (Å²) in [6.45, 7) is -0.265. The first kappa shape index (κ1) is 17.4. The highest BCUT2D eigenvalue weighted by Crippen LogP contribution is 2.53. The number of rotatable bonds is 4. The third kappa shape index (κ3) is 3.00. The zero-order valence-corrected chi connectivity index (χ0v) is 15.5. The van der Waals surface area contributed by atoms with Gasteiger partial charge in [0, 0.05) is 21.4 Å². The maximum atomic E-state index is 12.4. The Morgan fingerprint density at radius 1 is 1.42 bits per heavy atom. The van der Waals surface area contributed by atoms with Crippen LogP contribution in [0.25, 0.3) is 0 Å². The lowest BCUT2D eigenvalue weighted by molar-refractivity contribution is -0.142. The van der Waals surface area contributed by atoms with Crippen molar-refractivity contribution < 1.29 is 24.2 Å². The predicted molar refractivity (Wildman–Crippen MR) is 95.5 cm³/mol. The van der Waals surface area contributed by atoms with Gasteiger partial charge in [-0.2, -0.15) is 0 Å². The molecule has 0 aliphatic carbocycles. The van der Waals surface area contributed by atoms with E-state index in [0.29, 0.717) is 26.2 Å². The molecule has 2 aliphatic heterocycles. The van der Waals surface area contributed by atoms with Gasteiger partial charge in [0.2, 0.25) is 0 Å². The normalized spacial score (nSPS) is 23.9. The van der Waals surface area contributed by atoms with E-state index < -0.39 is 24.4 Å². The number of thioether (sulfide) groups is 1. The number of fused-ring (bicyclic) bond motifs is 2. The molecule has 1 saturated heterocycles. The molecule has 0 saturated carbocycles. The summed E-state index contributed by atoms with van der Waals surface area (Å²) < 4.78 is 10.6. The number of esters is 1. The third-order valence-electron chi connectivity index (χ3n) is 4.27. The van der Waals surface area contributed by atoms with E-state index in [1.807, 2.05) is 0 Å². The van der Waals surface area contributed by atoms with Crippen molar-refractivity contribution >= 4 is 46.6 Å². The van der Waals surface area contributed by atoms with Crippen molar-refractivity contribution in [3.63, 3.8) is 0 Å². The van der Waals surface area contributed by atoms with Gasteiger partial charge in [0.25, 0.3) is 0 Å². The van der Waals surface area contributed by atoms with Gasteiger partial charge in [-0.25, -0.2) is 4.79 Å². The topological polar surface area (TPSA) is 106 Å². The Balaban J connectivity index is 1.86. The number of H-pyrrole nitrogens is 1. The molecule has 2 N–H and O–H groups in total. The molecule has 1 aromatic carbocycles. The van der Waals surface area contributed by atoms with E-state index in [9.17, 15) is 14.4 Å². The standard InChI is InChI=1S/C16H12ClNO6S2/c17-6-1-2-8(23-5-10(19)20)7(3-6)11-12-9(4-24-15(12)21)25-14-13(11)26-16(22)18-14/h1-3,9,11-12H,4-5H2,(H,18,22)(H,19,20)/t9-,11-,12+/m0/s1. The molecule has 0 amide bonds. The minimum atomic E-state index is -1.12. The molecule has 10 heteroatoms. The highest BCUT2D eigenvalue weighted by atomic mass is 35.5. The zero-order chi connectivity index (χ0) is 18.4. The van der Waals surface area contributed by atoms with Crippen molar-refractivity contribution in [2.45, 2.75) is 16.2 Å². The molecule has 7 nitrogen and oxygen atoms in total. The molecule has 0 bridgehead atoms. The number of aromatic amines is 1. The van der Waals surface area contributed by atoms with Crippen LogP contribution in [0.15, 0.2) is 28.0 Å². The minimum absolute atomic E-state index is 0.142. The van der Waals surface area contributed by atoms with E-state index in [1.54, 1.807) is 18.2 Å². The summed E-state index contributed by atoms with van der Waals surface area (Å²) in [4.78, 5) is 38.5. The zero-order valence-electron chi connectivity index (χ0n) is 13.1. The number of carbonyl (C=O) groups excluding carboxylic acids is 1. The van der Waals surface area contributed by atoms with Crippen LogP contribution in [0.5, 0.6) is 5.75 Å². The average molecular weight is 414 g/mol. The number of halogens is 1. The Bertz CT molecular complexity index is 954. The number of aliphatic carboxylic acids is 1. The van der Waals surface area contributed by atoms with Gasteiger partial charge in [-0.3, -0.25) is 9.59 Å². The van der Waals surface area contributed by atoms with E-state index >= 15 is 0 Å². The summed E-state index contributed by atoms with van der Waals surface area (Å²) in [5, 5.41) is 9.90. The van der Waals surface area contributed by atoms with Crippen molar-refractivity contribution in [1.82, 2.24) is 4.98 Å². The van der Waals surface area contributed by atoms with Crippen LogP contribution in [0.4, 0.5) is 0 Å². The molecule has 0 spiro atoms. The van der Waals surface area contributed by atoms with E-state index in [-0.39, 0.29) is 22.7 Å². The number of hydrogen-bond donors (Lipinski definition) is 2. The van der Waals surface area contributed by atoms with Crippen molar-refractivity contribution in [3.8, 4) is 5.75 Å². The van der Waals surface area contributed by atoms with Crippen molar-refractivity contribution in [2.24, 2.45) is 5.92 Å². The van der Waals surface area contributed by atoms with Crippen molar-refractivity contribution in [2.75, 3.05) is 13.2 Å². The average Bonchev–Trinajstić information content (AvgIpc) is 3.13. The molecule has 1 aromatic heterocycles. The van der Waals surface area contributed by atoms with Crippen LogP contribution in [-0.4, -0.2) is 40.5 Å². The van der Waals surface area contributed by atoms with E-state index in [1.165, 1.54) is 11.8 Å². The van der Waals surface area contributed by atoms with Gasteiger partial charge < -0.3 is 19.6 Å². The molecule has 0 unspecified atom stereocenters. The SMILES string of the molecule is O=C(O)COc1ccc(Cl)cc1[C@@H]1c2sc(=O)[nH]c2S[C@H]2COC(=O)[C@@H]12. The molecule has 26 heavy (non-hydrogen) atoms. The Hall–Kier alpha value is -1.97. The summed E-state index contributed by atoms with van der Waals surface area (Å²) in [6.07, 6.45) is 0. The number of carboxylic acids is 1. The van der Waals surface area contributed by atoms with Crippen LogP contribution in [-0.2, 0) is 14.3 Å². The fraction of sp³-hybridized carbons (Fsp3) is 0.312. The molecular formula is C16H12ClNO6S2. The first-order valence-electron chi connectivity index (χ1n) is 7.64. The summed E-state index contributed by atoms with van der Waals surface area (Å²) in [5.74, 6) is -2.13. The second-order valence-electron chi connectivity index (χ2n) is 5.86. The Morgan fingerprint density at radius 3 is 3.00 bits per heavy atom. The van der Waals surface area contributed by atoms with E-state index in [4.69, 9.17) is 26.2 Å². The Labute approximate surface area is 160 Å². The van der Waals surface area contributed by atoms with Gasteiger partial charge in [-0.05, 0) is 18.2 Å². The molecule has 4 rings (SSSR count). The first-order valence-corrected chi connectivity index (χ1v) is 9.72. The van der Waals surface area contributed by atoms with Gasteiger partial charge in [0.15, 0.2) is 6.61 Å². The van der Waals surface area contributed by atoms with Crippen LogP contribution in [0.1, 0.15) is 16.4 Å². The van der Waals surface area contributed by atoms with Crippen LogP contribution in [0, 0.1) is 5.92 Å². The number of nitrogens with one attached hydrogen (secondary N) is 1. The molecule has 0 radical (unpaired) electrons. The van der Waals surface area contributed by atoms with Gasteiger partial charge in [-0.15, -0.1) is 0 Å². The van der Waals surface area contributed by atoms with Crippen LogP contribution >= 0.6 is 34.7 Å². The molecule has 2 aromatic rings. The number of ether oxygens (including phenoxy) is 2.